The highest BCUT2D eigenvalue weighted by Crippen LogP contribution is 2.24. The Hall–Kier alpha value is -2.15. The molecule has 1 aromatic carbocycles. The normalized spacial score (nSPS) is 10.5. The van der Waals surface area contributed by atoms with Crippen LogP contribution in [0.1, 0.15) is 24.2 Å². The first-order valence-corrected chi connectivity index (χ1v) is 7.00. The third kappa shape index (κ3) is 4.71. The third-order valence-corrected chi connectivity index (χ3v) is 3.33. The number of anilines is 1. The number of amides is 1. The number of carbonyl (C=O) groups is 1. The van der Waals surface area contributed by atoms with Gasteiger partial charge in [0, 0.05) is 31.8 Å². The molecule has 2 N–H and O–H groups in total. The van der Waals surface area contributed by atoms with E-state index in [2.05, 4.69) is 29.4 Å². The summed E-state index contributed by atoms with van der Waals surface area (Å²) in [6, 6.07) is 4.40. The van der Waals surface area contributed by atoms with Crippen LogP contribution in [0, 0.1) is 10.1 Å². The highest BCUT2D eigenvalue weighted by atomic mass is 16.6. The average molecular weight is 294 g/mol. The largest absolute Gasteiger partial charge is 0.383 e. The topological polar surface area (TPSA) is 87.5 Å². The van der Waals surface area contributed by atoms with Crippen molar-refractivity contribution < 1.29 is 9.72 Å². The van der Waals surface area contributed by atoms with E-state index in [9.17, 15) is 14.9 Å². The molecule has 0 unspecified atom stereocenters. The van der Waals surface area contributed by atoms with E-state index >= 15 is 0 Å². The van der Waals surface area contributed by atoms with Gasteiger partial charge in [-0.15, -0.1) is 0 Å². The van der Waals surface area contributed by atoms with Gasteiger partial charge in [-0.25, -0.2) is 0 Å². The summed E-state index contributed by atoms with van der Waals surface area (Å²) < 4.78 is 0. The van der Waals surface area contributed by atoms with Crippen LogP contribution >= 0.6 is 0 Å². The van der Waals surface area contributed by atoms with Gasteiger partial charge in [-0.3, -0.25) is 14.9 Å². The lowest BCUT2D eigenvalue weighted by atomic mass is 10.1. The molecule has 0 radical (unpaired) electrons. The first kappa shape index (κ1) is 16.9. The Morgan fingerprint density at radius 1 is 1.33 bits per heavy atom. The molecular formula is C14H22N4O3. The first-order valence-electron chi connectivity index (χ1n) is 7.00. The Kier molecular flexibility index (Phi) is 6.61. The molecule has 1 amide bonds. The fraction of sp³-hybridized carbons (Fsp3) is 0.500. The van der Waals surface area contributed by atoms with Gasteiger partial charge in [0.15, 0.2) is 0 Å². The van der Waals surface area contributed by atoms with Gasteiger partial charge in [-0.2, -0.15) is 0 Å². The monoisotopic (exact) mass is 294 g/mol. The molecule has 0 saturated carbocycles. The van der Waals surface area contributed by atoms with Gasteiger partial charge in [-0.05, 0) is 25.2 Å². The number of hydrogen-bond acceptors (Lipinski definition) is 5. The van der Waals surface area contributed by atoms with E-state index in [0.29, 0.717) is 17.8 Å². The van der Waals surface area contributed by atoms with Crippen LogP contribution in [0.4, 0.5) is 11.4 Å². The maximum Gasteiger partial charge on any atom is 0.293 e. The number of nitrogens with one attached hydrogen (secondary N) is 2. The maximum absolute atomic E-state index is 12.0. The van der Waals surface area contributed by atoms with Crippen LogP contribution in [0.2, 0.25) is 0 Å². The van der Waals surface area contributed by atoms with Crippen molar-refractivity contribution in [2.24, 2.45) is 0 Å². The van der Waals surface area contributed by atoms with Gasteiger partial charge in [0.25, 0.3) is 11.6 Å². The molecule has 0 aliphatic heterocycles. The fourth-order valence-corrected chi connectivity index (χ4v) is 2.00. The minimum absolute atomic E-state index is 0.103. The Labute approximate surface area is 124 Å². The zero-order chi connectivity index (χ0) is 15.8. The van der Waals surface area contributed by atoms with Crippen molar-refractivity contribution in [1.29, 1.82) is 0 Å². The summed E-state index contributed by atoms with van der Waals surface area (Å²) in [5.41, 5.74) is 0.578. The lowest BCUT2D eigenvalue weighted by Gasteiger charge is -2.17. The second-order valence-electron chi connectivity index (χ2n) is 4.52. The van der Waals surface area contributed by atoms with Gasteiger partial charge in [0.1, 0.15) is 5.69 Å². The number of rotatable bonds is 8. The molecule has 7 heteroatoms. The summed E-state index contributed by atoms with van der Waals surface area (Å²) in [7, 11) is 1.60. The molecule has 1 rings (SSSR count). The van der Waals surface area contributed by atoms with E-state index < -0.39 is 4.92 Å². The van der Waals surface area contributed by atoms with Crippen molar-refractivity contribution >= 4 is 17.3 Å². The van der Waals surface area contributed by atoms with Crippen LogP contribution in [0.5, 0.6) is 0 Å². The molecule has 0 aromatic heterocycles. The van der Waals surface area contributed by atoms with E-state index in [1.165, 1.54) is 12.1 Å². The van der Waals surface area contributed by atoms with Gasteiger partial charge in [0.05, 0.1) is 4.92 Å². The van der Waals surface area contributed by atoms with Crippen molar-refractivity contribution in [3.05, 3.63) is 33.9 Å². The Morgan fingerprint density at radius 2 is 2.00 bits per heavy atom. The second-order valence-corrected chi connectivity index (χ2v) is 4.52. The molecule has 116 valence electrons. The van der Waals surface area contributed by atoms with Crippen LogP contribution in [0.25, 0.3) is 0 Å². The molecule has 0 heterocycles. The molecule has 21 heavy (non-hydrogen) atoms. The molecule has 1 aromatic rings. The van der Waals surface area contributed by atoms with Crippen molar-refractivity contribution in [2.75, 3.05) is 38.5 Å². The van der Waals surface area contributed by atoms with E-state index in [1.807, 2.05) is 0 Å². The molecular weight excluding hydrogens is 272 g/mol. The molecule has 7 nitrogen and oxygen atoms in total. The van der Waals surface area contributed by atoms with Crippen LogP contribution in [0.15, 0.2) is 18.2 Å². The highest BCUT2D eigenvalue weighted by molar-refractivity contribution is 5.95. The molecule has 0 bridgehead atoms. The van der Waals surface area contributed by atoms with Crippen molar-refractivity contribution in [3.8, 4) is 0 Å². The quantitative estimate of drug-likeness (QED) is 0.563. The van der Waals surface area contributed by atoms with Gasteiger partial charge >= 0.3 is 0 Å². The zero-order valence-corrected chi connectivity index (χ0v) is 12.7. The summed E-state index contributed by atoms with van der Waals surface area (Å²) in [5, 5.41) is 16.5. The summed E-state index contributed by atoms with van der Waals surface area (Å²) in [6.07, 6.45) is 0. The number of benzene rings is 1. The summed E-state index contributed by atoms with van der Waals surface area (Å²) in [4.78, 5) is 24.7. The summed E-state index contributed by atoms with van der Waals surface area (Å²) in [5.74, 6) is -0.298. The Morgan fingerprint density at radius 3 is 2.52 bits per heavy atom. The predicted octanol–water partition coefficient (Wildman–Crippen LogP) is 1.71. The fourth-order valence-electron chi connectivity index (χ4n) is 2.00. The second kappa shape index (κ2) is 8.21. The third-order valence-electron chi connectivity index (χ3n) is 3.33. The number of hydrogen-bond donors (Lipinski definition) is 2. The number of carbonyl (C=O) groups excluding carboxylic acids is 1. The highest BCUT2D eigenvalue weighted by Gasteiger charge is 2.16. The van der Waals surface area contributed by atoms with Crippen LogP contribution in [0.3, 0.4) is 0 Å². The van der Waals surface area contributed by atoms with Crippen molar-refractivity contribution in [2.45, 2.75) is 13.8 Å². The van der Waals surface area contributed by atoms with Gasteiger partial charge in [0.2, 0.25) is 0 Å². The molecule has 0 saturated heterocycles. The van der Waals surface area contributed by atoms with E-state index in [0.717, 1.165) is 19.6 Å². The summed E-state index contributed by atoms with van der Waals surface area (Å²) in [6.45, 7) is 7.25. The summed E-state index contributed by atoms with van der Waals surface area (Å²) >= 11 is 0. The zero-order valence-electron chi connectivity index (χ0n) is 12.7. The van der Waals surface area contributed by atoms with Crippen molar-refractivity contribution in [1.82, 2.24) is 10.2 Å². The molecule has 0 fully saturated rings. The van der Waals surface area contributed by atoms with E-state index in [1.54, 1.807) is 13.1 Å². The lowest BCUT2D eigenvalue weighted by Crippen LogP contribution is -2.34. The smallest absolute Gasteiger partial charge is 0.293 e. The first-order chi connectivity index (χ1) is 10.0. The molecule has 0 spiro atoms. The van der Waals surface area contributed by atoms with Crippen LogP contribution in [-0.2, 0) is 0 Å². The Balaban J connectivity index is 2.70. The van der Waals surface area contributed by atoms with E-state index in [4.69, 9.17) is 0 Å². The van der Waals surface area contributed by atoms with E-state index in [-0.39, 0.29) is 11.6 Å². The van der Waals surface area contributed by atoms with Crippen LogP contribution in [-0.4, -0.2) is 49.0 Å². The minimum Gasteiger partial charge on any atom is -0.383 e. The Bertz CT molecular complexity index is 501. The number of nitrogens with zero attached hydrogens (tertiary/aromatic N) is 2. The van der Waals surface area contributed by atoms with Gasteiger partial charge in [-0.1, -0.05) is 13.8 Å². The van der Waals surface area contributed by atoms with Gasteiger partial charge < -0.3 is 15.5 Å². The lowest BCUT2D eigenvalue weighted by molar-refractivity contribution is -0.384. The average Bonchev–Trinajstić information content (AvgIpc) is 2.50. The SMILES string of the molecule is CCN(CC)CCNC(=O)c1ccc(NC)c([N+](=O)[O-])c1. The van der Waals surface area contributed by atoms with Crippen LogP contribution < -0.4 is 10.6 Å². The van der Waals surface area contributed by atoms with Crippen molar-refractivity contribution in [3.63, 3.8) is 0 Å². The molecule has 0 aliphatic rings. The molecule has 0 atom stereocenters. The number of likely N-dealkylation sites (N-methyl/N-ethyl adjacent to an activating group) is 1. The number of nitro benzene ring substituents is 1. The predicted molar refractivity (Wildman–Crippen MR) is 82.8 cm³/mol. The molecule has 0 aliphatic carbocycles. The number of nitro groups is 1. The minimum atomic E-state index is -0.501. The standard InChI is InChI=1S/C14H22N4O3/c1-4-17(5-2)9-8-16-14(19)11-6-7-12(15-3)13(10-11)18(20)21/h6-7,10,15H,4-5,8-9H2,1-3H3,(H,16,19). The maximum atomic E-state index is 12.0.